The van der Waals surface area contributed by atoms with E-state index in [1.165, 1.54) is 0 Å². The molecule has 158 valence electrons. The van der Waals surface area contributed by atoms with Gasteiger partial charge in [-0.2, -0.15) is 5.26 Å². The number of hydrogen-bond acceptors (Lipinski definition) is 6. The average molecular weight is 436 g/mol. The maximum atomic E-state index is 12.4. The second-order valence-corrected chi connectivity index (χ2v) is 7.73. The summed E-state index contributed by atoms with van der Waals surface area (Å²) in [6.45, 7) is 3.69. The topological polar surface area (TPSA) is 108 Å². The van der Waals surface area contributed by atoms with E-state index in [-0.39, 0.29) is 37.0 Å². The number of fused-ring (bicyclic) bond motifs is 1. The van der Waals surface area contributed by atoms with Crippen LogP contribution in [-0.2, 0) is 9.53 Å². The second kappa shape index (κ2) is 9.87. The summed E-state index contributed by atoms with van der Waals surface area (Å²) in [5, 5.41) is 17.1. The van der Waals surface area contributed by atoms with E-state index in [0.29, 0.717) is 21.0 Å². The number of amides is 2. The van der Waals surface area contributed by atoms with E-state index < -0.39 is 5.97 Å². The zero-order chi connectivity index (χ0) is 22.4. The van der Waals surface area contributed by atoms with Crippen LogP contribution in [-0.4, -0.2) is 30.9 Å². The number of nitrogens with one attached hydrogen (secondary N) is 2. The van der Waals surface area contributed by atoms with Gasteiger partial charge in [0, 0.05) is 18.5 Å². The predicted molar refractivity (Wildman–Crippen MR) is 119 cm³/mol. The van der Waals surface area contributed by atoms with Crippen LogP contribution in [0.5, 0.6) is 0 Å². The normalized spacial score (nSPS) is 10.4. The van der Waals surface area contributed by atoms with Crippen LogP contribution in [0.2, 0.25) is 0 Å². The van der Waals surface area contributed by atoms with Gasteiger partial charge in [0.15, 0.2) is 0 Å². The third-order valence-corrected chi connectivity index (χ3v) is 5.81. The van der Waals surface area contributed by atoms with E-state index >= 15 is 0 Å². The van der Waals surface area contributed by atoms with E-state index in [1.807, 2.05) is 36.4 Å². The molecule has 0 unspecified atom stereocenters. The lowest BCUT2D eigenvalue weighted by Crippen LogP contribution is -2.27. The number of rotatable bonds is 7. The molecule has 3 rings (SSSR count). The second-order valence-electron chi connectivity index (χ2n) is 6.71. The summed E-state index contributed by atoms with van der Waals surface area (Å²) >= 11 is 1.01. The Bertz CT molecular complexity index is 1190. The number of nitriles is 1. The summed E-state index contributed by atoms with van der Waals surface area (Å²) in [6.07, 6.45) is 0.0237. The summed E-state index contributed by atoms with van der Waals surface area (Å²) in [4.78, 5) is 37.0. The minimum Gasteiger partial charge on any atom is -0.462 e. The fourth-order valence-corrected chi connectivity index (χ4v) is 4.11. The first-order valence-corrected chi connectivity index (χ1v) is 10.5. The van der Waals surface area contributed by atoms with Crippen molar-refractivity contribution < 1.29 is 19.1 Å². The molecular weight excluding hydrogens is 414 g/mol. The summed E-state index contributed by atoms with van der Waals surface area (Å²) in [7, 11) is 0. The zero-order valence-electron chi connectivity index (χ0n) is 17.2. The molecule has 7 nitrogen and oxygen atoms in total. The monoisotopic (exact) mass is 435 g/mol. The Hall–Kier alpha value is -3.70. The lowest BCUT2D eigenvalue weighted by molar-refractivity contribution is -0.116. The molecule has 0 atom stereocenters. The maximum Gasteiger partial charge on any atom is 0.348 e. The highest BCUT2D eigenvalue weighted by atomic mass is 32.1. The minimum absolute atomic E-state index is 0.0237. The highest BCUT2D eigenvalue weighted by Gasteiger charge is 2.22. The molecule has 1 aromatic heterocycles. The number of carbonyl (C=O) groups excluding carboxylic acids is 3. The van der Waals surface area contributed by atoms with Crippen molar-refractivity contribution in [1.82, 2.24) is 5.32 Å². The Balaban J connectivity index is 1.58. The van der Waals surface area contributed by atoms with Crippen LogP contribution in [0.4, 0.5) is 5.00 Å². The number of hydrogen-bond donors (Lipinski definition) is 2. The van der Waals surface area contributed by atoms with Gasteiger partial charge in [0.2, 0.25) is 5.91 Å². The van der Waals surface area contributed by atoms with Gasteiger partial charge < -0.3 is 15.4 Å². The van der Waals surface area contributed by atoms with E-state index in [4.69, 9.17) is 4.74 Å². The van der Waals surface area contributed by atoms with Gasteiger partial charge in [-0.1, -0.05) is 30.3 Å². The number of thiophene rings is 1. The number of anilines is 1. The van der Waals surface area contributed by atoms with Crippen molar-refractivity contribution in [1.29, 1.82) is 5.26 Å². The Morgan fingerprint density at radius 3 is 2.58 bits per heavy atom. The van der Waals surface area contributed by atoms with Gasteiger partial charge in [0.25, 0.3) is 5.91 Å². The van der Waals surface area contributed by atoms with Crippen LogP contribution in [0, 0.1) is 18.3 Å². The van der Waals surface area contributed by atoms with Crippen LogP contribution in [0.25, 0.3) is 10.8 Å². The molecule has 0 aliphatic carbocycles. The van der Waals surface area contributed by atoms with Gasteiger partial charge >= 0.3 is 5.97 Å². The zero-order valence-corrected chi connectivity index (χ0v) is 18.0. The molecule has 0 saturated heterocycles. The van der Waals surface area contributed by atoms with Crippen molar-refractivity contribution in [2.75, 3.05) is 18.5 Å². The number of ether oxygens (including phenoxy) is 1. The highest BCUT2D eigenvalue weighted by molar-refractivity contribution is 7.18. The van der Waals surface area contributed by atoms with Gasteiger partial charge in [0.05, 0.1) is 12.2 Å². The first-order chi connectivity index (χ1) is 14.9. The van der Waals surface area contributed by atoms with Gasteiger partial charge in [0.1, 0.15) is 15.9 Å². The third kappa shape index (κ3) is 5.08. The number of esters is 1. The molecule has 0 saturated carbocycles. The Morgan fingerprint density at radius 1 is 1.13 bits per heavy atom. The lowest BCUT2D eigenvalue weighted by Gasteiger charge is -2.07. The van der Waals surface area contributed by atoms with E-state index in [1.54, 1.807) is 26.0 Å². The summed E-state index contributed by atoms with van der Waals surface area (Å²) < 4.78 is 4.99. The van der Waals surface area contributed by atoms with Crippen LogP contribution >= 0.6 is 11.3 Å². The molecule has 0 aliphatic rings. The average Bonchev–Trinajstić information content (AvgIpc) is 3.08. The molecule has 0 bridgehead atoms. The Morgan fingerprint density at radius 2 is 1.87 bits per heavy atom. The number of carbonyl (C=O) groups is 3. The van der Waals surface area contributed by atoms with Gasteiger partial charge in [-0.3, -0.25) is 9.59 Å². The first kappa shape index (κ1) is 22.0. The van der Waals surface area contributed by atoms with Crippen molar-refractivity contribution in [3.8, 4) is 6.07 Å². The van der Waals surface area contributed by atoms with Crippen molar-refractivity contribution in [3.63, 3.8) is 0 Å². The van der Waals surface area contributed by atoms with Crippen molar-refractivity contribution in [2.45, 2.75) is 20.3 Å². The van der Waals surface area contributed by atoms with Crippen LogP contribution < -0.4 is 10.6 Å². The molecule has 2 N–H and O–H groups in total. The van der Waals surface area contributed by atoms with Crippen molar-refractivity contribution in [3.05, 3.63) is 64.0 Å². The van der Waals surface area contributed by atoms with Crippen molar-refractivity contribution in [2.24, 2.45) is 0 Å². The van der Waals surface area contributed by atoms with E-state index in [2.05, 4.69) is 10.6 Å². The highest BCUT2D eigenvalue weighted by Crippen LogP contribution is 2.33. The third-order valence-electron chi connectivity index (χ3n) is 4.62. The van der Waals surface area contributed by atoms with Crippen molar-refractivity contribution >= 4 is 44.9 Å². The molecule has 31 heavy (non-hydrogen) atoms. The van der Waals surface area contributed by atoms with E-state index in [0.717, 1.165) is 22.1 Å². The molecular formula is C23H21N3O4S. The van der Waals surface area contributed by atoms with E-state index in [9.17, 15) is 19.6 Å². The van der Waals surface area contributed by atoms with Crippen LogP contribution in [0.3, 0.4) is 0 Å². The molecule has 0 aliphatic heterocycles. The fraction of sp³-hybridized carbons (Fsp3) is 0.217. The quantitative estimate of drug-likeness (QED) is 0.545. The maximum absolute atomic E-state index is 12.4. The first-order valence-electron chi connectivity index (χ1n) is 9.72. The number of nitrogens with zero attached hydrogens (tertiary/aromatic N) is 1. The molecule has 0 fully saturated rings. The smallest absolute Gasteiger partial charge is 0.348 e. The van der Waals surface area contributed by atoms with Gasteiger partial charge in [-0.05, 0) is 42.3 Å². The fourth-order valence-electron chi connectivity index (χ4n) is 3.04. The largest absolute Gasteiger partial charge is 0.462 e. The molecule has 0 radical (unpaired) electrons. The molecule has 3 aromatic rings. The minimum atomic E-state index is -0.523. The molecule has 8 heteroatoms. The van der Waals surface area contributed by atoms with Crippen LogP contribution in [0.15, 0.2) is 42.5 Å². The molecule has 0 spiro atoms. The number of benzene rings is 2. The summed E-state index contributed by atoms with van der Waals surface area (Å²) in [5.74, 6) is -1.16. The van der Waals surface area contributed by atoms with Gasteiger partial charge in [-0.15, -0.1) is 11.3 Å². The summed E-state index contributed by atoms with van der Waals surface area (Å²) in [6, 6.07) is 15.2. The Kier molecular flexibility index (Phi) is 7.00. The molecule has 2 amide bonds. The van der Waals surface area contributed by atoms with Gasteiger partial charge in [-0.25, -0.2) is 4.79 Å². The summed E-state index contributed by atoms with van der Waals surface area (Å²) in [5.41, 5.74) is 1.23. The molecule has 1 heterocycles. The molecule has 2 aromatic carbocycles. The van der Waals surface area contributed by atoms with Crippen LogP contribution in [0.1, 0.15) is 44.5 Å². The standard InChI is InChI=1S/C23H21N3O4S/c1-3-30-23(29)20-14(2)18(13-24)22(31-20)26-19(27)10-11-25-21(28)17-9-8-15-6-4-5-7-16(15)12-17/h4-9,12H,3,10-11H2,1-2H3,(H,25,28)(H,26,27). The lowest BCUT2D eigenvalue weighted by atomic mass is 10.1. The predicted octanol–water partition coefficient (Wildman–Crippen LogP) is 4.02. The Labute approximate surface area is 183 Å². The SMILES string of the molecule is CCOC(=O)c1sc(NC(=O)CCNC(=O)c2ccc3ccccc3c2)c(C#N)c1C.